The zero-order valence-corrected chi connectivity index (χ0v) is 16.4. The Morgan fingerprint density at radius 1 is 1.07 bits per heavy atom. The second kappa shape index (κ2) is 7.72. The van der Waals surface area contributed by atoms with E-state index in [1.807, 2.05) is 51.1 Å². The lowest BCUT2D eigenvalue weighted by Gasteiger charge is -2.19. The van der Waals surface area contributed by atoms with Crippen molar-refractivity contribution in [2.75, 3.05) is 7.11 Å². The molecular weight excluding hydrogens is 356 g/mol. The molecule has 0 saturated carbocycles. The summed E-state index contributed by atoms with van der Waals surface area (Å²) in [5.74, 6) is 0.254. The molecule has 2 amide bonds. The monoisotopic (exact) mass is 380 g/mol. The number of amides is 2. The van der Waals surface area contributed by atoms with Gasteiger partial charge < -0.3 is 15.4 Å². The van der Waals surface area contributed by atoms with E-state index in [-0.39, 0.29) is 23.3 Å². The molecule has 3 rings (SSSR count). The second-order valence-corrected chi connectivity index (χ2v) is 7.47. The van der Waals surface area contributed by atoms with Crippen molar-refractivity contribution in [3.8, 4) is 5.75 Å². The lowest BCUT2D eigenvalue weighted by molar-refractivity contribution is 0.0916. The number of nitrogens with zero attached hydrogens (tertiary/aromatic N) is 2. The van der Waals surface area contributed by atoms with Crippen molar-refractivity contribution in [2.45, 2.75) is 32.9 Å². The third-order valence-corrected chi connectivity index (χ3v) is 4.07. The van der Waals surface area contributed by atoms with Crippen LogP contribution in [0.3, 0.4) is 0 Å². The number of fused-ring (bicyclic) bond motifs is 1. The van der Waals surface area contributed by atoms with Crippen LogP contribution in [0.4, 0.5) is 0 Å². The van der Waals surface area contributed by atoms with Crippen LogP contribution < -0.4 is 15.4 Å². The van der Waals surface area contributed by atoms with Crippen molar-refractivity contribution in [2.24, 2.45) is 0 Å². The largest absolute Gasteiger partial charge is 0.497 e. The van der Waals surface area contributed by atoms with E-state index in [0.29, 0.717) is 12.1 Å². The van der Waals surface area contributed by atoms with Crippen LogP contribution >= 0.6 is 0 Å². The minimum absolute atomic E-state index is 0.170. The maximum Gasteiger partial charge on any atom is 0.287 e. The van der Waals surface area contributed by atoms with Crippen LogP contribution in [0.15, 0.2) is 48.7 Å². The summed E-state index contributed by atoms with van der Waals surface area (Å²) in [6, 6.07) is 12.8. The number of methoxy groups -OCH3 is 1. The Morgan fingerprint density at radius 3 is 2.43 bits per heavy atom. The first-order chi connectivity index (χ1) is 13.3. The van der Waals surface area contributed by atoms with E-state index in [1.54, 1.807) is 29.8 Å². The smallest absolute Gasteiger partial charge is 0.287 e. The van der Waals surface area contributed by atoms with E-state index in [1.165, 1.54) is 0 Å². The zero-order valence-electron chi connectivity index (χ0n) is 16.4. The first kappa shape index (κ1) is 19.4. The summed E-state index contributed by atoms with van der Waals surface area (Å²) in [6.45, 7) is 6.02. The molecule has 7 heteroatoms. The lowest BCUT2D eigenvalue weighted by atomic mass is 10.1. The number of pyridine rings is 1. The lowest BCUT2D eigenvalue weighted by Crippen LogP contribution is -2.40. The fraction of sp³-hybridized carbons (Fsp3) is 0.286. The number of ether oxygens (including phenoxy) is 1. The molecule has 0 fully saturated rings. The molecule has 2 heterocycles. The third kappa shape index (κ3) is 4.31. The van der Waals surface area contributed by atoms with Gasteiger partial charge in [-0.15, -0.1) is 0 Å². The molecule has 7 nitrogen and oxygen atoms in total. The number of imidazole rings is 1. The second-order valence-electron chi connectivity index (χ2n) is 7.47. The Morgan fingerprint density at radius 2 is 1.79 bits per heavy atom. The average molecular weight is 380 g/mol. The number of hydrogen-bond acceptors (Lipinski definition) is 4. The Kier molecular flexibility index (Phi) is 5.35. The molecule has 0 atom stereocenters. The van der Waals surface area contributed by atoms with E-state index in [9.17, 15) is 9.59 Å². The Balaban J connectivity index is 1.83. The van der Waals surface area contributed by atoms with Gasteiger partial charge in [0.05, 0.1) is 12.6 Å². The van der Waals surface area contributed by atoms with Crippen molar-refractivity contribution in [3.63, 3.8) is 0 Å². The normalized spacial score (nSPS) is 11.3. The Labute approximate surface area is 163 Å². The highest BCUT2D eigenvalue weighted by Gasteiger charge is 2.23. The maximum atomic E-state index is 12.7. The fourth-order valence-corrected chi connectivity index (χ4v) is 2.77. The highest BCUT2D eigenvalue weighted by atomic mass is 16.5. The van der Waals surface area contributed by atoms with E-state index < -0.39 is 5.54 Å². The van der Waals surface area contributed by atoms with Crippen LogP contribution in [0.2, 0.25) is 0 Å². The van der Waals surface area contributed by atoms with Gasteiger partial charge in [0, 0.05) is 18.3 Å². The van der Waals surface area contributed by atoms with Gasteiger partial charge in [0.15, 0.2) is 5.69 Å². The molecular formula is C21H24N4O3. The van der Waals surface area contributed by atoms with Gasteiger partial charge in [0.1, 0.15) is 5.75 Å². The van der Waals surface area contributed by atoms with Gasteiger partial charge in [-0.25, -0.2) is 4.98 Å². The van der Waals surface area contributed by atoms with Crippen LogP contribution in [0.25, 0.3) is 5.52 Å². The molecule has 0 unspecified atom stereocenters. The molecule has 0 aliphatic heterocycles. The van der Waals surface area contributed by atoms with E-state index in [4.69, 9.17) is 4.74 Å². The topological polar surface area (TPSA) is 84.7 Å². The molecule has 0 bridgehead atoms. The fourth-order valence-electron chi connectivity index (χ4n) is 2.77. The van der Waals surface area contributed by atoms with Crippen LogP contribution in [0, 0.1) is 0 Å². The molecule has 28 heavy (non-hydrogen) atoms. The number of aromatic nitrogens is 2. The van der Waals surface area contributed by atoms with Crippen molar-refractivity contribution < 1.29 is 14.3 Å². The first-order valence-electron chi connectivity index (χ1n) is 8.99. The van der Waals surface area contributed by atoms with Crippen molar-refractivity contribution in [1.82, 2.24) is 20.0 Å². The summed E-state index contributed by atoms with van der Waals surface area (Å²) >= 11 is 0. The van der Waals surface area contributed by atoms with Crippen LogP contribution in [0.5, 0.6) is 5.75 Å². The van der Waals surface area contributed by atoms with Gasteiger partial charge in [-0.1, -0.05) is 18.2 Å². The van der Waals surface area contributed by atoms with Gasteiger partial charge in [-0.2, -0.15) is 0 Å². The summed E-state index contributed by atoms with van der Waals surface area (Å²) < 4.78 is 6.76. The van der Waals surface area contributed by atoms with Gasteiger partial charge in [-0.05, 0) is 50.6 Å². The Bertz CT molecular complexity index is 1000. The summed E-state index contributed by atoms with van der Waals surface area (Å²) in [6.07, 6.45) is 1.72. The van der Waals surface area contributed by atoms with E-state index in [0.717, 1.165) is 11.3 Å². The van der Waals surface area contributed by atoms with Crippen molar-refractivity contribution in [3.05, 3.63) is 65.7 Å². The number of benzene rings is 1. The predicted octanol–water partition coefficient (Wildman–Crippen LogP) is 2.80. The highest BCUT2D eigenvalue weighted by Crippen LogP contribution is 2.15. The molecule has 0 aliphatic carbocycles. The predicted molar refractivity (Wildman–Crippen MR) is 107 cm³/mol. The van der Waals surface area contributed by atoms with E-state index >= 15 is 0 Å². The van der Waals surface area contributed by atoms with Gasteiger partial charge in [0.25, 0.3) is 11.8 Å². The van der Waals surface area contributed by atoms with Crippen molar-refractivity contribution >= 4 is 17.3 Å². The SMILES string of the molecule is COc1ccc(CNC(=O)c2nc(C(=O)NC(C)(C)C)c3ccccn23)cc1. The van der Waals surface area contributed by atoms with Gasteiger partial charge in [-0.3, -0.25) is 14.0 Å². The van der Waals surface area contributed by atoms with Crippen molar-refractivity contribution in [1.29, 1.82) is 0 Å². The number of hydrogen-bond donors (Lipinski definition) is 2. The minimum atomic E-state index is -0.404. The summed E-state index contributed by atoms with van der Waals surface area (Å²) in [4.78, 5) is 29.7. The van der Waals surface area contributed by atoms with Crippen LogP contribution in [0.1, 0.15) is 47.4 Å². The van der Waals surface area contributed by atoms with Gasteiger partial charge in [0.2, 0.25) is 5.82 Å². The molecule has 3 aromatic rings. The molecule has 1 aromatic carbocycles. The number of carbonyl (C=O) groups is 2. The molecule has 0 radical (unpaired) electrons. The molecule has 2 N–H and O–H groups in total. The Hall–Kier alpha value is -3.35. The summed E-state index contributed by atoms with van der Waals surface area (Å²) in [7, 11) is 1.60. The van der Waals surface area contributed by atoms with Gasteiger partial charge >= 0.3 is 0 Å². The summed E-state index contributed by atoms with van der Waals surface area (Å²) in [5.41, 5.74) is 1.34. The molecule has 2 aromatic heterocycles. The van der Waals surface area contributed by atoms with Crippen LogP contribution in [-0.2, 0) is 6.54 Å². The molecule has 0 aliphatic rings. The minimum Gasteiger partial charge on any atom is -0.497 e. The van der Waals surface area contributed by atoms with Crippen LogP contribution in [-0.4, -0.2) is 33.8 Å². The summed E-state index contributed by atoms with van der Waals surface area (Å²) in [5, 5.41) is 5.74. The first-order valence-corrected chi connectivity index (χ1v) is 8.99. The molecule has 146 valence electrons. The molecule has 0 spiro atoms. The zero-order chi connectivity index (χ0) is 20.3. The van der Waals surface area contributed by atoms with E-state index in [2.05, 4.69) is 15.6 Å². The maximum absolute atomic E-state index is 12.7. The quantitative estimate of drug-likeness (QED) is 0.713. The standard InChI is InChI=1S/C21H24N4O3/c1-21(2,3)24-19(26)17-16-7-5-6-12-25(16)18(23-17)20(27)22-13-14-8-10-15(28-4)11-9-14/h5-12H,13H2,1-4H3,(H,22,27)(H,24,26). The third-order valence-electron chi connectivity index (χ3n) is 4.07. The number of rotatable bonds is 5. The molecule has 0 saturated heterocycles. The highest BCUT2D eigenvalue weighted by molar-refractivity contribution is 6.02. The number of nitrogens with one attached hydrogen (secondary N) is 2. The average Bonchev–Trinajstić information content (AvgIpc) is 3.05. The number of carbonyl (C=O) groups excluding carboxylic acids is 2.